The van der Waals surface area contributed by atoms with E-state index in [0.29, 0.717) is 33.5 Å². The smallest absolute Gasteiger partial charge is 0.232 e. The molecule has 2 atom stereocenters. The largest absolute Gasteiger partial charge is 0.772 e. The first kappa shape index (κ1) is 19.8. The van der Waals surface area contributed by atoms with Crippen LogP contribution in [-0.2, 0) is 6.54 Å². The number of halogens is 2. The number of aromatic amines is 1. The van der Waals surface area contributed by atoms with Gasteiger partial charge >= 0.3 is 0 Å². The van der Waals surface area contributed by atoms with Crippen LogP contribution in [0, 0.1) is 5.21 Å². The molecule has 2 N–H and O–H groups in total. The zero-order chi connectivity index (χ0) is 20.5. The van der Waals surface area contributed by atoms with Crippen LogP contribution in [0.3, 0.4) is 0 Å². The standard InChI is InChI=1S/C17H21ClFN8O2/c1-3-26-8-10(6-21-26)22-17-23-15-14(11(18)7-20-15)16(24-17)29-13-9-27(25(2)28)5-4-12(13)19/h6-8,12-13H,3-5,9H2,1-2H3,(H2,20,22,23,24)/q-1/t12-,13?/m1/s1. The van der Waals surface area contributed by atoms with Crippen molar-refractivity contribution in [3.8, 4) is 5.88 Å². The molecule has 0 saturated carbocycles. The van der Waals surface area contributed by atoms with Gasteiger partial charge in [-0.2, -0.15) is 15.1 Å². The van der Waals surface area contributed by atoms with Crippen LogP contribution in [0.15, 0.2) is 18.6 Å². The number of anilines is 2. The zero-order valence-corrected chi connectivity index (χ0v) is 16.7. The van der Waals surface area contributed by atoms with E-state index < -0.39 is 12.3 Å². The number of hydroxylamine groups is 1. The Morgan fingerprint density at radius 3 is 3.03 bits per heavy atom. The highest BCUT2D eigenvalue weighted by atomic mass is 35.5. The molecule has 1 unspecified atom stereocenters. The Labute approximate surface area is 171 Å². The molecule has 29 heavy (non-hydrogen) atoms. The number of nitrogens with one attached hydrogen (secondary N) is 2. The van der Waals surface area contributed by atoms with Crippen molar-refractivity contribution in [3.05, 3.63) is 28.8 Å². The topological polar surface area (TPSA) is 110 Å². The van der Waals surface area contributed by atoms with Crippen LogP contribution < -0.4 is 10.1 Å². The lowest BCUT2D eigenvalue weighted by atomic mass is 10.1. The van der Waals surface area contributed by atoms with Crippen molar-refractivity contribution in [1.29, 1.82) is 0 Å². The van der Waals surface area contributed by atoms with Crippen LogP contribution in [0.5, 0.6) is 5.88 Å². The fourth-order valence-electron chi connectivity index (χ4n) is 3.22. The second kappa shape index (κ2) is 8.11. The molecular weight excluding hydrogens is 403 g/mol. The van der Waals surface area contributed by atoms with E-state index in [1.807, 2.05) is 13.1 Å². The van der Waals surface area contributed by atoms with Gasteiger partial charge in [0.1, 0.15) is 17.9 Å². The van der Waals surface area contributed by atoms with Crippen LogP contribution in [-0.4, -0.2) is 67.3 Å². The first-order valence-corrected chi connectivity index (χ1v) is 9.63. The molecule has 0 amide bonds. The summed E-state index contributed by atoms with van der Waals surface area (Å²) in [5, 5.41) is 21.9. The first-order chi connectivity index (χ1) is 13.9. The van der Waals surface area contributed by atoms with Gasteiger partial charge in [-0.15, -0.1) is 0 Å². The molecule has 3 aromatic rings. The van der Waals surface area contributed by atoms with Crippen molar-refractivity contribution >= 4 is 34.3 Å². The number of fused-ring (bicyclic) bond motifs is 1. The lowest BCUT2D eigenvalue weighted by Crippen LogP contribution is -2.52. The van der Waals surface area contributed by atoms with E-state index in [9.17, 15) is 9.60 Å². The molecular formula is C17H21ClFN8O2-. The Morgan fingerprint density at radius 2 is 2.31 bits per heavy atom. The third-order valence-electron chi connectivity index (χ3n) is 4.78. The summed E-state index contributed by atoms with van der Waals surface area (Å²) in [6.07, 6.45) is 3.13. The predicted molar refractivity (Wildman–Crippen MR) is 107 cm³/mol. The van der Waals surface area contributed by atoms with E-state index in [1.165, 1.54) is 12.1 Å². The van der Waals surface area contributed by atoms with Crippen LogP contribution in [0.2, 0.25) is 5.02 Å². The van der Waals surface area contributed by atoms with Gasteiger partial charge in [0.25, 0.3) is 0 Å². The maximum atomic E-state index is 14.5. The molecule has 3 aromatic heterocycles. The highest BCUT2D eigenvalue weighted by molar-refractivity contribution is 6.35. The van der Waals surface area contributed by atoms with Gasteiger partial charge in [-0.05, 0) is 20.4 Å². The van der Waals surface area contributed by atoms with E-state index in [-0.39, 0.29) is 24.8 Å². The summed E-state index contributed by atoms with van der Waals surface area (Å²) in [5.74, 6) is 0.403. The van der Waals surface area contributed by atoms with Gasteiger partial charge in [-0.3, -0.25) is 4.68 Å². The molecule has 4 rings (SSSR count). The minimum atomic E-state index is -1.23. The number of piperidine rings is 1. The number of alkyl halides is 1. The van der Waals surface area contributed by atoms with Crippen molar-refractivity contribution in [1.82, 2.24) is 34.9 Å². The number of hydrogen-bond acceptors (Lipinski definition) is 8. The molecule has 0 aliphatic carbocycles. The molecule has 156 valence electrons. The highest BCUT2D eigenvalue weighted by Crippen LogP contribution is 2.33. The number of aryl methyl sites for hydroxylation is 1. The summed E-state index contributed by atoms with van der Waals surface area (Å²) in [7, 11) is 1.38. The van der Waals surface area contributed by atoms with E-state index in [4.69, 9.17) is 16.3 Å². The Balaban J connectivity index is 1.64. The summed E-state index contributed by atoms with van der Waals surface area (Å²) >= 11 is 6.26. The summed E-state index contributed by atoms with van der Waals surface area (Å²) in [6.45, 7) is 3.15. The van der Waals surface area contributed by atoms with Crippen molar-refractivity contribution in [2.75, 3.05) is 25.5 Å². The fourth-order valence-corrected chi connectivity index (χ4v) is 3.44. The molecule has 10 nitrogen and oxygen atoms in total. The number of H-pyrrole nitrogens is 1. The minimum Gasteiger partial charge on any atom is -0.772 e. The first-order valence-electron chi connectivity index (χ1n) is 9.25. The average molecular weight is 424 g/mol. The molecule has 4 heterocycles. The number of nitrogens with zero attached hydrogens (tertiary/aromatic N) is 6. The normalized spacial score (nSPS) is 20.5. The molecule has 0 aromatic carbocycles. The molecule has 12 heteroatoms. The SMILES string of the molecule is CCn1cc(Nc2nc(OC3CN(N(C)[O-])CC[C@H]3F)c3c(Cl)c[nH]c3n2)cn1. The maximum absolute atomic E-state index is 14.5. The summed E-state index contributed by atoms with van der Waals surface area (Å²) < 4.78 is 22.2. The lowest BCUT2D eigenvalue weighted by Gasteiger charge is -2.42. The molecule has 1 fully saturated rings. The van der Waals surface area contributed by atoms with E-state index in [1.54, 1.807) is 17.1 Å². The summed E-state index contributed by atoms with van der Waals surface area (Å²) in [6, 6.07) is 0. The minimum absolute atomic E-state index is 0.112. The van der Waals surface area contributed by atoms with Gasteiger partial charge in [0, 0.05) is 25.5 Å². The van der Waals surface area contributed by atoms with E-state index in [2.05, 4.69) is 25.4 Å². The molecule has 1 aliphatic heterocycles. The Kier molecular flexibility index (Phi) is 5.54. The van der Waals surface area contributed by atoms with Crippen LogP contribution in [0.1, 0.15) is 13.3 Å². The second-order valence-electron chi connectivity index (χ2n) is 6.76. The van der Waals surface area contributed by atoms with Gasteiger partial charge in [0.2, 0.25) is 11.8 Å². The van der Waals surface area contributed by atoms with Crippen LogP contribution >= 0.6 is 11.6 Å². The van der Waals surface area contributed by atoms with Gasteiger partial charge in [0.15, 0.2) is 0 Å². The van der Waals surface area contributed by atoms with Crippen LogP contribution in [0.4, 0.5) is 16.0 Å². The Morgan fingerprint density at radius 1 is 1.48 bits per heavy atom. The molecule has 1 aliphatic rings. The maximum Gasteiger partial charge on any atom is 0.232 e. The van der Waals surface area contributed by atoms with Gasteiger partial charge in [-0.25, -0.2) is 9.40 Å². The number of hydrazine groups is 1. The number of aromatic nitrogens is 5. The van der Waals surface area contributed by atoms with Crippen molar-refractivity contribution in [2.24, 2.45) is 0 Å². The number of hydrogen-bond donors (Lipinski definition) is 2. The Hall–Kier alpha value is -2.47. The van der Waals surface area contributed by atoms with E-state index in [0.717, 1.165) is 6.54 Å². The third kappa shape index (κ3) is 4.13. The van der Waals surface area contributed by atoms with Crippen LogP contribution in [0.25, 0.3) is 11.0 Å². The van der Waals surface area contributed by atoms with Crippen molar-refractivity contribution in [2.45, 2.75) is 32.2 Å². The highest BCUT2D eigenvalue weighted by Gasteiger charge is 2.32. The van der Waals surface area contributed by atoms with Gasteiger partial charge in [-0.1, -0.05) is 11.6 Å². The molecule has 1 saturated heterocycles. The monoisotopic (exact) mass is 423 g/mol. The predicted octanol–water partition coefficient (Wildman–Crippen LogP) is 2.71. The van der Waals surface area contributed by atoms with E-state index >= 15 is 0 Å². The molecule has 0 spiro atoms. The quantitative estimate of drug-likeness (QED) is 0.582. The lowest BCUT2D eigenvalue weighted by molar-refractivity contribution is -0.0564. The second-order valence-corrected chi connectivity index (χ2v) is 7.17. The van der Waals surface area contributed by atoms with Gasteiger partial charge < -0.3 is 25.4 Å². The molecule has 0 bridgehead atoms. The van der Waals surface area contributed by atoms with Crippen molar-refractivity contribution in [3.63, 3.8) is 0 Å². The average Bonchev–Trinajstić information content (AvgIpc) is 3.30. The summed E-state index contributed by atoms with van der Waals surface area (Å²) in [5.41, 5.74) is 1.16. The zero-order valence-electron chi connectivity index (χ0n) is 16.0. The van der Waals surface area contributed by atoms with Gasteiger partial charge in [0.05, 0.1) is 28.8 Å². The van der Waals surface area contributed by atoms with Crippen molar-refractivity contribution < 1.29 is 9.13 Å². The Bertz CT molecular complexity index is 993. The third-order valence-corrected chi connectivity index (χ3v) is 5.08. The fraction of sp³-hybridized carbons (Fsp3) is 0.471. The summed E-state index contributed by atoms with van der Waals surface area (Å²) in [4.78, 5) is 11.8. The number of rotatable bonds is 6. The molecule has 0 radical (unpaired) electrons. The number of ether oxygens (including phenoxy) is 1.